The topological polar surface area (TPSA) is 24.7 Å². The second-order valence-corrected chi connectivity index (χ2v) is 9.37. The number of hydrogen-bond acceptors (Lipinski definition) is 2. The van der Waals surface area contributed by atoms with Gasteiger partial charge in [-0.05, 0) is 41.9 Å². The first-order valence-corrected chi connectivity index (χ1v) is 11.7. The zero-order valence-electron chi connectivity index (χ0n) is 17.6. The Labute approximate surface area is 185 Å². The third-order valence-corrected chi connectivity index (χ3v) is 7.54. The average molecular weight is 420 g/mol. The first-order valence-electron chi connectivity index (χ1n) is 10.4. The zero-order valence-corrected chi connectivity index (χ0v) is 18.5. The summed E-state index contributed by atoms with van der Waals surface area (Å²) in [5, 5.41) is 3.98. The molecule has 0 aromatic heterocycles. The van der Waals surface area contributed by atoms with Crippen LogP contribution in [0.4, 0.5) is 0 Å². The van der Waals surface area contributed by atoms with Crippen LogP contribution in [-0.2, 0) is 0 Å². The van der Waals surface area contributed by atoms with E-state index in [2.05, 4.69) is 114 Å². The molecule has 0 aliphatic heterocycles. The second kappa shape index (κ2) is 10.6. The Hall–Kier alpha value is -3.35. The van der Waals surface area contributed by atoms with Gasteiger partial charge in [0.2, 0.25) is 0 Å². The van der Waals surface area contributed by atoms with Crippen LogP contribution in [-0.4, -0.2) is 19.1 Å². The summed E-state index contributed by atoms with van der Waals surface area (Å²) < 4.78 is 0. The summed E-state index contributed by atoms with van der Waals surface area (Å²) in [7, 11) is -0.661. The number of aryl methyl sites for hydroxylation is 1. The Morgan fingerprint density at radius 3 is 1.68 bits per heavy atom. The lowest BCUT2D eigenvalue weighted by atomic mass is 10.1. The number of aliphatic imine (C=N–C) groups is 2. The van der Waals surface area contributed by atoms with Crippen LogP contribution in [0.1, 0.15) is 16.7 Å². The highest BCUT2D eigenvalue weighted by Crippen LogP contribution is 2.33. The lowest BCUT2D eigenvalue weighted by Gasteiger charge is -2.21. The lowest BCUT2D eigenvalue weighted by Crippen LogP contribution is -2.23. The van der Waals surface area contributed by atoms with Gasteiger partial charge in [0.15, 0.2) is 0 Å². The normalized spacial score (nSPS) is 11.5. The second-order valence-electron chi connectivity index (χ2n) is 7.19. The van der Waals surface area contributed by atoms with Gasteiger partial charge in [-0.3, -0.25) is 9.98 Å². The predicted octanol–water partition coefficient (Wildman–Crippen LogP) is 5.25. The minimum absolute atomic E-state index is 0.414. The smallest absolute Gasteiger partial charge is 0.129 e. The van der Waals surface area contributed by atoms with E-state index in [0.29, 0.717) is 6.67 Å². The monoisotopic (exact) mass is 420 g/mol. The molecule has 0 radical (unpaired) electrons. The highest BCUT2D eigenvalue weighted by atomic mass is 31.1. The lowest BCUT2D eigenvalue weighted by molar-refractivity contribution is 1.08. The van der Waals surface area contributed by atoms with Gasteiger partial charge in [-0.15, -0.1) is 0 Å². The number of hydrogen-bond donors (Lipinski definition) is 0. The van der Waals surface area contributed by atoms with Crippen LogP contribution in [0.15, 0.2) is 119 Å². The molecule has 0 unspecified atom stereocenters. The molecule has 0 saturated heterocycles. The third-order valence-electron chi connectivity index (χ3n) is 5.02. The molecule has 0 amide bonds. The Balaban J connectivity index is 1.61. The van der Waals surface area contributed by atoms with Crippen molar-refractivity contribution in [1.82, 2.24) is 0 Å². The number of nitrogens with zero attached hydrogens (tertiary/aromatic N) is 2. The molecular weight excluding hydrogens is 395 g/mol. The van der Waals surface area contributed by atoms with E-state index in [1.54, 1.807) is 0 Å². The molecule has 0 aliphatic carbocycles. The van der Waals surface area contributed by atoms with Gasteiger partial charge in [0.25, 0.3) is 0 Å². The van der Waals surface area contributed by atoms with Crippen LogP contribution < -0.4 is 15.9 Å². The molecule has 2 nitrogen and oxygen atoms in total. The van der Waals surface area contributed by atoms with Gasteiger partial charge < -0.3 is 0 Å². The van der Waals surface area contributed by atoms with E-state index in [1.165, 1.54) is 21.5 Å². The molecule has 0 fully saturated rings. The quantitative estimate of drug-likeness (QED) is 0.288. The summed E-state index contributed by atoms with van der Waals surface area (Å²) in [5.74, 6) is 0. The molecule has 4 aromatic rings. The summed E-state index contributed by atoms with van der Waals surface area (Å²) in [6.07, 6.45) is 3.87. The van der Waals surface area contributed by atoms with E-state index in [4.69, 9.17) is 0 Å². The van der Waals surface area contributed by atoms with Gasteiger partial charge in [-0.1, -0.05) is 109 Å². The standard InChI is InChI=1S/C28H25N2P/c1-23-12-8-9-13-24(23)20-29-22-30-21-25-14-10-11-19-28(25)31(26-15-4-2-5-16-26)27-17-6-3-7-18-27/h2-21H,22H2,1H3. The van der Waals surface area contributed by atoms with Crippen LogP contribution in [0.5, 0.6) is 0 Å². The van der Waals surface area contributed by atoms with Crippen molar-refractivity contribution in [3.05, 3.63) is 126 Å². The molecule has 0 spiro atoms. The minimum atomic E-state index is -0.661. The minimum Gasteiger partial charge on any atom is -0.269 e. The van der Waals surface area contributed by atoms with Gasteiger partial charge in [0.05, 0.1) is 0 Å². The zero-order chi connectivity index (χ0) is 21.3. The molecular formula is C28H25N2P. The molecule has 0 N–H and O–H groups in total. The van der Waals surface area contributed by atoms with E-state index in [9.17, 15) is 0 Å². The maximum absolute atomic E-state index is 4.60. The molecule has 4 rings (SSSR count). The maximum Gasteiger partial charge on any atom is 0.129 e. The average Bonchev–Trinajstić information content (AvgIpc) is 2.82. The van der Waals surface area contributed by atoms with E-state index in [0.717, 1.165) is 11.1 Å². The van der Waals surface area contributed by atoms with E-state index in [1.807, 2.05) is 24.6 Å². The van der Waals surface area contributed by atoms with Crippen LogP contribution >= 0.6 is 7.92 Å². The molecule has 0 saturated carbocycles. The first kappa shape index (κ1) is 20.9. The summed E-state index contributed by atoms with van der Waals surface area (Å²) in [4.78, 5) is 9.09. The summed E-state index contributed by atoms with van der Waals surface area (Å²) >= 11 is 0. The van der Waals surface area contributed by atoms with Crippen LogP contribution in [0.2, 0.25) is 0 Å². The van der Waals surface area contributed by atoms with Gasteiger partial charge >= 0.3 is 0 Å². The molecule has 152 valence electrons. The van der Waals surface area contributed by atoms with E-state index < -0.39 is 7.92 Å². The molecule has 31 heavy (non-hydrogen) atoms. The fourth-order valence-corrected chi connectivity index (χ4v) is 5.86. The fraction of sp³-hybridized carbons (Fsp3) is 0.0714. The molecule has 4 aromatic carbocycles. The first-order chi connectivity index (χ1) is 15.3. The van der Waals surface area contributed by atoms with Crippen LogP contribution in [0.3, 0.4) is 0 Å². The molecule has 3 heteroatoms. The summed E-state index contributed by atoms with van der Waals surface area (Å²) in [6, 6.07) is 38.3. The number of rotatable bonds is 7. The van der Waals surface area contributed by atoms with Crippen molar-refractivity contribution in [2.45, 2.75) is 6.92 Å². The van der Waals surface area contributed by atoms with Crippen molar-refractivity contribution in [3.8, 4) is 0 Å². The number of benzene rings is 4. The SMILES string of the molecule is Cc1ccccc1C=NCN=Cc1ccccc1P(c1ccccc1)c1ccccc1. The Kier molecular flexibility index (Phi) is 7.16. The van der Waals surface area contributed by atoms with Gasteiger partial charge in [0, 0.05) is 18.0 Å². The highest BCUT2D eigenvalue weighted by molar-refractivity contribution is 7.80. The van der Waals surface area contributed by atoms with E-state index in [-0.39, 0.29) is 0 Å². The highest BCUT2D eigenvalue weighted by Gasteiger charge is 2.18. The van der Waals surface area contributed by atoms with Gasteiger partial charge in [0.1, 0.15) is 6.67 Å². The van der Waals surface area contributed by atoms with Crippen LogP contribution in [0, 0.1) is 6.92 Å². The van der Waals surface area contributed by atoms with Gasteiger partial charge in [-0.2, -0.15) is 0 Å². The molecule has 0 aliphatic rings. The van der Waals surface area contributed by atoms with Crippen molar-refractivity contribution in [2.75, 3.05) is 6.67 Å². The Morgan fingerprint density at radius 1 is 0.581 bits per heavy atom. The molecule has 0 bridgehead atoms. The predicted molar refractivity (Wildman–Crippen MR) is 136 cm³/mol. The molecule has 0 atom stereocenters. The fourth-order valence-electron chi connectivity index (χ4n) is 3.44. The van der Waals surface area contributed by atoms with Crippen molar-refractivity contribution in [3.63, 3.8) is 0 Å². The van der Waals surface area contributed by atoms with Crippen molar-refractivity contribution < 1.29 is 0 Å². The van der Waals surface area contributed by atoms with E-state index >= 15 is 0 Å². The largest absolute Gasteiger partial charge is 0.269 e. The Morgan fingerprint density at radius 2 is 1.06 bits per heavy atom. The molecule has 0 heterocycles. The maximum atomic E-state index is 4.60. The van der Waals surface area contributed by atoms with Gasteiger partial charge in [-0.25, -0.2) is 0 Å². The van der Waals surface area contributed by atoms with Crippen molar-refractivity contribution in [1.29, 1.82) is 0 Å². The summed E-state index contributed by atoms with van der Waals surface area (Å²) in [5.41, 5.74) is 3.50. The third kappa shape index (κ3) is 5.42. The van der Waals surface area contributed by atoms with Crippen molar-refractivity contribution >= 4 is 36.3 Å². The van der Waals surface area contributed by atoms with Crippen molar-refractivity contribution in [2.24, 2.45) is 9.98 Å². The van der Waals surface area contributed by atoms with Crippen LogP contribution in [0.25, 0.3) is 0 Å². The summed E-state index contributed by atoms with van der Waals surface area (Å²) in [6.45, 7) is 2.51. The Bertz CT molecular complexity index is 1130.